The first kappa shape index (κ1) is 12.7. The molecule has 2 rings (SSSR count). The van der Waals surface area contributed by atoms with Crippen LogP contribution >= 0.6 is 11.6 Å². The van der Waals surface area contributed by atoms with Crippen LogP contribution in [0, 0.1) is 0 Å². The summed E-state index contributed by atoms with van der Waals surface area (Å²) in [6.07, 6.45) is -2.16. The molecule has 1 aromatic carbocycles. The minimum Gasteiger partial charge on any atom is -0.479 e. The highest BCUT2D eigenvalue weighted by molar-refractivity contribution is 6.34. The van der Waals surface area contributed by atoms with Crippen molar-refractivity contribution in [2.24, 2.45) is 0 Å². The van der Waals surface area contributed by atoms with Crippen LogP contribution in [-0.2, 0) is 4.79 Å². The van der Waals surface area contributed by atoms with Crippen molar-refractivity contribution in [1.29, 1.82) is 0 Å². The fraction of sp³-hybridized carbons (Fsp3) is 0.182. The summed E-state index contributed by atoms with van der Waals surface area (Å²) in [5.74, 6) is -1.50. The fourth-order valence-electron chi connectivity index (χ4n) is 1.54. The summed E-state index contributed by atoms with van der Waals surface area (Å²) in [5, 5.41) is 28.4. The normalized spacial score (nSPS) is 14.4. The molecule has 0 fully saturated rings. The van der Waals surface area contributed by atoms with Gasteiger partial charge in [0.2, 0.25) is 0 Å². The average molecular weight is 269 g/mol. The van der Waals surface area contributed by atoms with Crippen LogP contribution in [0.3, 0.4) is 0 Å². The Kier molecular flexibility index (Phi) is 3.42. The maximum Gasteiger partial charge on any atom is 0.335 e. The summed E-state index contributed by atoms with van der Waals surface area (Å²) in [7, 11) is 0. The third kappa shape index (κ3) is 2.26. The van der Waals surface area contributed by atoms with Crippen molar-refractivity contribution in [2.75, 3.05) is 0 Å². The highest BCUT2D eigenvalue weighted by atomic mass is 35.5. The molecule has 0 spiro atoms. The first-order chi connectivity index (χ1) is 8.50. The SMILES string of the molecule is O=C(O)C(O)C(O)c1ccc2c(Cl)ncnc2c1. The Morgan fingerprint density at radius 3 is 2.67 bits per heavy atom. The van der Waals surface area contributed by atoms with Crippen molar-refractivity contribution in [3.63, 3.8) is 0 Å². The minimum atomic E-state index is -1.89. The highest BCUT2D eigenvalue weighted by Gasteiger charge is 2.25. The third-order valence-electron chi connectivity index (χ3n) is 2.51. The van der Waals surface area contributed by atoms with E-state index in [1.807, 2.05) is 0 Å². The number of benzene rings is 1. The molecule has 3 N–H and O–H groups in total. The molecule has 2 atom stereocenters. The maximum atomic E-state index is 10.6. The summed E-state index contributed by atoms with van der Waals surface area (Å²) in [5.41, 5.74) is 0.705. The van der Waals surface area contributed by atoms with E-state index in [4.69, 9.17) is 16.7 Å². The van der Waals surface area contributed by atoms with Crippen molar-refractivity contribution in [3.8, 4) is 0 Å². The molecule has 1 aromatic heterocycles. The zero-order valence-electron chi connectivity index (χ0n) is 8.99. The second-order valence-electron chi connectivity index (χ2n) is 3.67. The van der Waals surface area contributed by atoms with Crippen LogP contribution in [0.1, 0.15) is 11.7 Å². The molecule has 0 saturated heterocycles. The second kappa shape index (κ2) is 4.85. The van der Waals surface area contributed by atoms with Gasteiger partial charge in [0, 0.05) is 5.39 Å². The summed E-state index contributed by atoms with van der Waals surface area (Å²) < 4.78 is 0. The van der Waals surface area contributed by atoms with Crippen LogP contribution in [0.15, 0.2) is 24.5 Å². The molecule has 6 nitrogen and oxygen atoms in total. The Balaban J connectivity index is 2.44. The van der Waals surface area contributed by atoms with E-state index in [1.54, 1.807) is 6.07 Å². The molecule has 18 heavy (non-hydrogen) atoms. The number of aliphatic hydroxyl groups excluding tert-OH is 2. The van der Waals surface area contributed by atoms with E-state index >= 15 is 0 Å². The minimum absolute atomic E-state index is 0.243. The van der Waals surface area contributed by atoms with Crippen molar-refractivity contribution in [3.05, 3.63) is 35.2 Å². The Labute approximate surface area is 106 Å². The molecule has 2 aromatic rings. The van der Waals surface area contributed by atoms with Crippen LogP contribution in [0.2, 0.25) is 5.15 Å². The fourth-order valence-corrected chi connectivity index (χ4v) is 1.75. The standard InChI is InChI=1S/C11H9ClN2O4/c12-10-6-2-1-5(3-7(6)13-4-14-10)8(15)9(16)11(17)18/h1-4,8-9,15-16H,(H,17,18). The largest absolute Gasteiger partial charge is 0.479 e. The lowest BCUT2D eigenvalue weighted by atomic mass is 10.0. The van der Waals surface area contributed by atoms with Crippen LogP contribution in [-0.4, -0.2) is 37.4 Å². The Morgan fingerprint density at radius 1 is 1.28 bits per heavy atom. The topological polar surface area (TPSA) is 104 Å². The zero-order chi connectivity index (χ0) is 13.3. The number of nitrogens with zero attached hydrogens (tertiary/aromatic N) is 2. The Morgan fingerprint density at radius 2 is 2.00 bits per heavy atom. The lowest BCUT2D eigenvalue weighted by molar-refractivity contribution is -0.153. The van der Waals surface area contributed by atoms with E-state index in [0.29, 0.717) is 10.9 Å². The summed E-state index contributed by atoms with van der Waals surface area (Å²) in [6.45, 7) is 0. The van der Waals surface area contributed by atoms with Crippen molar-refractivity contribution >= 4 is 28.5 Å². The molecular weight excluding hydrogens is 260 g/mol. The van der Waals surface area contributed by atoms with Gasteiger partial charge in [-0.25, -0.2) is 14.8 Å². The van der Waals surface area contributed by atoms with E-state index in [1.165, 1.54) is 18.5 Å². The molecule has 2 unspecified atom stereocenters. The smallest absolute Gasteiger partial charge is 0.335 e. The first-order valence-corrected chi connectivity index (χ1v) is 5.37. The van der Waals surface area contributed by atoms with Crippen molar-refractivity contribution in [2.45, 2.75) is 12.2 Å². The summed E-state index contributed by atoms with van der Waals surface area (Å²) in [4.78, 5) is 18.3. The highest BCUT2D eigenvalue weighted by Crippen LogP contribution is 2.24. The number of carbonyl (C=O) groups is 1. The van der Waals surface area contributed by atoms with Crippen LogP contribution in [0.25, 0.3) is 10.9 Å². The first-order valence-electron chi connectivity index (χ1n) is 5.00. The van der Waals surface area contributed by atoms with Gasteiger partial charge < -0.3 is 15.3 Å². The molecule has 94 valence electrons. The molecule has 1 heterocycles. The second-order valence-corrected chi connectivity index (χ2v) is 4.03. The predicted octanol–water partition coefficient (Wildman–Crippen LogP) is 0.762. The van der Waals surface area contributed by atoms with Gasteiger partial charge in [-0.3, -0.25) is 0 Å². The molecule has 7 heteroatoms. The molecule has 0 amide bonds. The van der Waals surface area contributed by atoms with Gasteiger partial charge >= 0.3 is 5.97 Å². The van der Waals surface area contributed by atoms with Crippen molar-refractivity contribution < 1.29 is 20.1 Å². The number of fused-ring (bicyclic) bond motifs is 1. The number of hydrogen-bond donors (Lipinski definition) is 3. The number of rotatable bonds is 3. The maximum absolute atomic E-state index is 10.6. The summed E-state index contributed by atoms with van der Waals surface area (Å²) >= 11 is 5.84. The third-order valence-corrected chi connectivity index (χ3v) is 2.81. The van der Waals surface area contributed by atoms with Crippen LogP contribution in [0.5, 0.6) is 0 Å². The average Bonchev–Trinajstić information content (AvgIpc) is 2.36. The van der Waals surface area contributed by atoms with Gasteiger partial charge in [0.15, 0.2) is 6.10 Å². The van der Waals surface area contributed by atoms with Crippen molar-refractivity contribution in [1.82, 2.24) is 9.97 Å². The monoisotopic (exact) mass is 268 g/mol. The molecule has 0 radical (unpaired) electrons. The van der Waals surface area contributed by atoms with Crippen LogP contribution in [0.4, 0.5) is 0 Å². The molecule has 0 aliphatic heterocycles. The molecule has 0 aliphatic rings. The van der Waals surface area contributed by atoms with Gasteiger partial charge in [-0.2, -0.15) is 0 Å². The Hall–Kier alpha value is -1.76. The number of hydrogen-bond acceptors (Lipinski definition) is 5. The number of halogens is 1. The van der Waals surface area contributed by atoms with Gasteiger partial charge in [0.1, 0.15) is 17.6 Å². The van der Waals surface area contributed by atoms with Crippen LogP contribution < -0.4 is 0 Å². The number of aliphatic hydroxyl groups is 2. The van der Waals surface area contributed by atoms with E-state index < -0.39 is 18.2 Å². The zero-order valence-corrected chi connectivity index (χ0v) is 9.74. The lowest BCUT2D eigenvalue weighted by Gasteiger charge is -2.14. The Bertz CT molecular complexity index is 605. The van der Waals surface area contributed by atoms with Gasteiger partial charge in [-0.05, 0) is 17.7 Å². The number of aromatic nitrogens is 2. The molecule has 0 bridgehead atoms. The van der Waals surface area contributed by atoms with E-state index in [9.17, 15) is 15.0 Å². The van der Waals surface area contributed by atoms with Gasteiger partial charge in [0.05, 0.1) is 5.52 Å². The number of carboxylic acid groups (broad SMARTS) is 1. The lowest BCUT2D eigenvalue weighted by Crippen LogP contribution is -2.27. The predicted molar refractivity (Wildman–Crippen MR) is 63.2 cm³/mol. The summed E-state index contributed by atoms with van der Waals surface area (Å²) in [6, 6.07) is 4.49. The molecule has 0 aliphatic carbocycles. The van der Waals surface area contributed by atoms with Gasteiger partial charge in [-0.1, -0.05) is 17.7 Å². The van der Waals surface area contributed by atoms with E-state index in [-0.39, 0.29) is 10.7 Å². The molecular formula is C11H9ClN2O4. The molecule has 0 saturated carbocycles. The van der Waals surface area contributed by atoms with E-state index in [2.05, 4.69) is 9.97 Å². The van der Waals surface area contributed by atoms with Gasteiger partial charge in [-0.15, -0.1) is 0 Å². The van der Waals surface area contributed by atoms with Gasteiger partial charge in [0.25, 0.3) is 0 Å². The number of aliphatic carboxylic acids is 1. The van der Waals surface area contributed by atoms with E-state index in [0.717, 1.165) is 0 Å². The quantitative estimate of drug-likeness (QED) is 0.710. The number of carboxylic acids is 1.